The Balaban J connectivity index is 0.00000242. The van der Waals surface area contributed by atoms with Crippen molar-refractivity contribution in [3.63, 3.8) is 0 Å². The molecule has 1 atom stereocenters. The summed E-state index contributed by atoms with van der Waals surface area (Å²) >= 11 is 0. The summed E-state index contributed by atoms with van der Waals surface area (Å²) in [6.45, 7) is 4.74. The Kier molecular flexibility index (Phi) is 7.51. The van der Waals surface area contributed by atoms with Crippen molar-refractivity contribution in [1.82, 2.24) is 14.8 Å². The minimum atomic E-state index is -0.215. The van der Waals surface area contributed by atoms with E-state index in [0.717, 1.165) is 18.1 Å². The minimum Gasteiger partial charge on any atom is -0.394 e. The number of benzene rings is 1. The summed E-state index contributed by atoms with van der Waals surface area (Å²) in [5.41, 5.74) is 7.47. The van der Waals surface area contributed by atoms with E-state index in [1.807, 2.05) is 18.2 Å². The first-order valence-electron chi connectivity index (χ1n) is 7.44. The van der Waals surface area contributed by atoms with Gasteiger partial charge in [-0.05, 0) is 17.9 Å². The number of aliphatic hydroxyl groups excluding tert-OH is 1. The SMILES string of the molecule is CC(C)Cc1nc([C@@H](N)Cc2ccccc2)n(CCO)n1.Cl. The average Bonchev–Trinajstić information content (AvgIpc) is 2.82. The molecule has 0 unspecified atom stereocenters. The van der Waals surface area contributed by atoms with E-state index in [4.69, 9.17) is 5.73 Å². The molecule has 0 saturated heterocycles. The van der Waals surface area contributed by atoms with Gasteiger partial charge in [0.15, 0.2) is 5.82 Å². The van der Waals surface area contributed by atoms with Crippen molar-refractivity contribution < 1.29 is 5.11 Å². The van der Waals surface area contributed by atoms with Crippen LogP contribution in [-0.4, -0.2) is 26.5 Å². The van der Waals surface area contributed by atoms with Gasteiger partial charge in [0.25, 0.3) is 0 Å². The second-order valence-corrected chi connectivity index (χ2v) is 5.73. The quantitative estimate of drug-likeness (QED) is 0.818. The van der Waals surface area contributed by atoms with E-state index in [0.29, 0.717) is 18.9 Å². The van der Waals surface area contributed by atoms with Crippen molar-refractivity contribution >= 4 is 12.4 Å². The molecule has 0 aliphatic carbocycles. The molecular weight excluding hydrogens is 300 g/mol. The number of hydrogen-bond acceptors (Lipinski definition) is 4. The zero-order valence-corrected chi connectivity index (χ0v) is 14.0. The van der Waals surface area contributed by atoms with Gasteiger partial charge in [-0.3, -0.25) is 0 Å². The van der Waals surface area contributed by atoms with Gasteiger partial charge in [-0.15, -0.1) is 12.4 Å². The van der Waals surface area contributed by atoms with Gasteiger partial charge in [0.1, 0.15) is 5.82 Å². The van der Waals surface area contributed by atoms with Crippen LogP contribution in [0.4, 0.5) is 0 Å². The van der Waals surface area contributed by atoms with Crippen molar-refractivity contribution in [3.05, 3.63) is 47.5 Å². The topological polar surface area (TPSA) is 77.0 Å². The van der Waals surface area contributed by atoms with Crippen LogP contribution in [0.15, 0.2) is 30.3 Å². The van der Waals surface area contributed by atoms with Crippen molar-refractivity contribution in [1.29, 1.82) is 0 Å². The molecule has 122 valence electrons. The number of nitrogens with zero attached hydrogens (tertiary/aromatic N) is 3. The smallest absolute Gasteiger partial charge is 0.151 e. The molecule has 2 aromatic rings. The third-order valence-electron chi connectivity index (χ3n) is 3.28. The van der Waals surface area contributed by atoms with Gasteiger partial charge < -0.3 is 10.8 Å². The molecule has 1 heterocycles. The molecule has 2 rings (SSSR count). The van der Waals surface area contributed by atoms with Crippen LogP contribution in [0.2, 0.25) is 0 Å². The molecular formula is C16H25ClN4O. The largest absolute Gasteiger partial charge is 0.394 e. The monoisotopic (exact) mass is 324 g/mol. The molecule has 0 bridgehead atoms. The molecule has 6 heteroatoms. The van der Waals surface area contributed by atoms with E-state index in [1.165, 1.54) is 5.56 Å². The predicted molar refractivity (Wildman–Crippen MR) is 90.0 cm³/mol. The average molecular weight is 325 g/mol. The van der Waals surface area contributed by atoms with Crippen LogP contribution in [-0.2, 0) is 19.4 Å². The third kappa shape index (κ3) is 5.09. The fourth-order valence-electron chi connectivity index (χ4n) is 2.35. The van der Waals surface area contributed by atoms with Crippen molar-refractivity contribution in [2.75, 3.05) is 6.61 Å². The number of hydrogen-bond donors (Lipinski definition) is 2. The number of halogens is 1. The normalized spacial score (nSPS) is 12.2. The molecule has 0 spiro atoms. The Morgan fingerprint density at radius 1 is 1.18 bits per heavy atom. The van der Waals surface area contributed by atoms with Gasteiger partial charge in [0.05, 0.1) is 19.2 Å². The minimum absolute atomic E-state index is 0. The molecule has 22 heavy (non-hydrogen) atoms. The first kappa shape index (κ1) is 18.6. The number of aromatic nitrogens is 3. The molecule has 5 nitrogen and oxygen atoms in total. The molecule has 0 amide bonds. The molecule has 0 aliphatic rings. The van der Waals surface area contributed by atoms with Crippen molar-refractivity contribution in [3.8, 4) is 0 Å². The Bertz CT molecular complexity index is 557. The summed E-state index contributed by atoms with van der Waals surface area (Å²) in [6, 6.07) is 9.90. The van der Waals surface area contributed by atoms with Gasteiger partial charge >= 0.3 is 0 Å². The number of aliphatic hydroxyl groups is 1. The number of rotatable bonds is 7. The second-order valence-electron chi connectivity index (χ2n) is 5.73. The lowest BCUT2D eigenvalue weighted by molar-refractivity contribution is 0.265. The Labute approximate surface area is 138 Å². The molecule has 0 saturated carbocycles. The highest BCUT2D eigenvalue weighted by atomic mass is 35.5. The van der Waals surface area contributed by atoms with Crippen LogP contribution < -0.4 is 5.73 Å². The summed E-state index contributed by atoms with van der Waals surface area (Å²) in [5.74, 6) is 2.05. The van der Waals surface area contributed by atoms with Crippen molar-refractivity contribution in [2.45, 2.75) is 39.3 Å². The lowest BCUT2D eigenvalue weighted by Gasteiger charge is -2.12. The van der Waals surface area contributed by atoms with Crippen LogP contribution in [0.3, 0.4) is 0 Å². The standard InChI is InChI=1S/C16H24N4O.ClH/c1-12(2)10-15-18-16(20(19-15)8-9-21)14(17)11-13-6-4-3-5-7-13;/h3-7,12,14,21H,8-11,17H2,1-2H3;1H/t14-;/m0./s1. The maximum atomic E-state index is 9.18. The van der Waals surface area contributed by atoms with Crippen LogP contribution in [0.25, 0.3) is 0 Å². The lowest BCUT2D eigenvalue weighted by atomic mass is 10.1. The molecule has 3 N–H and O–H groups in total. The predicted octanol–water partition coefficient (Wildman–Crippen LogP) is 2.13. The maximum absolute atomic E-state index is 9.18. The highest BCUT2D eigenvalue weighted by molar-refractivity contribution is 5.85. The highest BCUT2D eigenvalue weighted by Crippen LogP contribution is 2.16. The van der Waals surface area contributed by atoms with E-state index in [9.17, 15) is 5.11 Å². The summed E-state index contributed by atoms with van der Waals surface area (Å²) in [5, 5.41) is 13.6. The maximum Gasteiger partial charge on any atom is 0.151 e. The van der Waals surface area contributed by atoms with E-state index < -0.39 is 0 Å². The molecule has 0 aliphatic heterocycles. The van der Waals surface area contributed by atoms with E-state index >= 15 is 0 Å². The Morgan fingerprint density at radius 2 is 1.86 bits per heavy atom. The molecule has 1 aromatic heterocycles. The second kappa shape index (κ2) is 8.88. The van der Waals surface area contributed by atoms with E-state index in [1.54, 1.807) is 4.68 Å². The zero-order valence-electron chi connectivity index (χ0n) is 13.1. The molecule has 0 radical (unpaired) electrons. The van der Waals surface area contributed by atoms with Gasteiger partial charge in [0, 0.05) is 6.42 Å². The van der Waals surface area contributed by atoms with Crippen LogP contribution in [0, 0.1) is 5.92 Å². The van der Waals surface area contributed by atoms with Crippen LogP contribution >= 0.6 is 12.4 Å². The third-order valence-corrected chi connectivity index (χ3v) is 3.28. The molecule has 0 fully saturated rings. The van der Waals surface area contributed by atoms with E-state index in [2.05, 4.69) is 36.1 Å². The van der Waals surface area contributed by atoms with Gasteiger partial charge in [-0.25, -0.2) is 9.67 Å². The first-order valence-corrected chi connectivity index (χ1v) is 7.44. The Morgan fingerprint density at radius 3 is 2.45 bits per heavy atom. The Hall–Kier alpha value is -1.43. The van der Waals surface area contributed by atoms with Crippen molar-refractivity contribution in [2.24, 2.45) is 11.7 Å². The lowest BCUT2D eigenvalue weighted by Crippen LogP contribution is -2.20. The fourth-order valence-corrected chi connectivity index (χ4v) is 2.35. The summed E-state index contributed by atoms with van der Waals surface area (Å²) < 4.78 is 1.74. The van der Waals surface area contributed by atoms with Gasteiger partial charge in [-0.1, -0.05) is 44.2 Å². The van der Waals surface area contributed by atoms with Gasteiger partial charge in [0.2, 0.25) is 0 Å². The van der Waals surface area contributed by atoms with E-state index in [-0.39, 0.29) is 25.1 Å². The molecule has 1 aromatic carbocycles. The summed E-state index contributed by atoms with van der Waals surface area (Å²) in [6.07, 6.45) is 1.54. The fraction of sp³-hybridized carbons (Fsp3) is 0.500. The highest BCUT2D eigenvalue weighted by Gasteiger charge is 2.17. The first-order chi connectivity index (χ1) is 10.1. The summed E-state index contributed by atoms with van der Waals surface area (Å²) in [4.78, 5) is 4.58. The van der Waals surface area contributed by atoms with Crippen LogP contribution in [0.5, 0.6) is 0 Å². The number of nitrogens with two attached hydrogens (primary N) is 1. The van der Waals surface area contributed by atoms with Crippen LogP contribution in [0.1, 0.15) is 37.1 Å². The van der Waals surface area contributed by atoms with Gasteiger partial charge in [-0.2, -0.15) is 5.10 Å². The zero-order chi connectivity index (χ0) is 15.2. The summed E-state index contributed by atoms with van der Waals surface area (Å²) in [7, 11) is 0.